The average Bonchev–Trinajstić information content (AvgIpc) is 3.28. The quantitative estimate of drug-likeness (QED) is 0.787. The zero-order valence-electron chi connectivity index (χ0n) is 11.7. The highest BCUT2D eigenvalue weighted by Gasteiger charge is 2.25. The van der Waals surface area contributed by atoms with Crippen LogP contribution in [0.2, 0.25) is 0 Å². The van der Waals surface area contributed by atoms with Gasteiger partial charge in [-0.25, -0.2) is 9.97 Å². The van der Waals surface area contributed by atoms with Gasteiger partial charge in [0.05, 0.1) is 0 Å². The molecule has 0 spiro atoms. The van der Waals surface area contributed by atoms with Crippen molar-refractivity contribution in [1.82, 2.24) is 20.1 Å². The van der Waals surface area contributed by atoms with Gasteiger partial charge in [-0.05, 0) is 17.9 Å². The third-order valence-electron chi connectivity index (χ3n) is 3.65. The number of nitrogens with two attached hydrogens (primary N) is 1. The first-order valence-electron chi connectivity index (χ1n) is 6.98. The van der Waals surface area contributed by atoms with E-state index in [0.29, 0.717) is 11.7 Å². The Kier molecular flexibility index (Phi) is 3.32. The Balaban J connectivity index is 1.71. The van der Waals surface area contributed by atoms with E-state index in [1.165, 1.54) is 6.33 Å². The Morgan fingerprint density at radius 1 is 1.41 bits per heavy atom. The van der Waals surface area contributed by atoms with Crippen molar-refractivity contribution in [2.45, 2.75) is 12.5 Å². The minimum Gasteiger partial charge on any atom is -0.354 e. The summed E-state index contributed by atoms with van der Waals surface area (Å²) >= 11 is 1.59. The molecule has 1 atom stereocenters. The average molecular weight is 314 g/mol. The Morgan fingerprint density at radius 2 is 2.36 bits per heavy atom. The molecule has 0 saturated carbocycles. The van der Waals surface area contributed by atoms with Crippen molar-refractivity contribution < 1.29 is 4.52 Å². The Bertz CT molecular complexity index is 771. The van der Waals surface area contributed by atoms with Crippen molar-refractivity contribution in [2.75, 3.05) is 18.0 Å². The maximum atomic E-state index is 5.98. The van der Waals surface area contributed by atoms with E-state index in [1.807, 2.05) is 16.8 Å². The van der Waals surface area contributed by atoms with Crippen LogP contribution in [0, 0.1) is 0 Å². The second kappa shape index (κ2) is 5.47. The van der Waals surface area contributed by atoms with E-state index >= 15 is 0 Å². The molecule has 2 N–H and O–H groups in total. The number of thiophene rings is 1. The molecular weight excluding hydrogens is 300 g/mol. The summed E-state index contributed by atoms with van der Waals surface area (Å²) in [4.78, 5) is 15.1. The van der Waals surface area contributed by atoms with Gasteiger partial charge in [0.1, 0.15) is 17.7 Å². The zero-order chi connectivity index (χ0) is 14.9. The minimum atomic E-state index is 0.173. The first kappa shape index (κ1) is 13.4. The summed E-state index contributed by atoms with van der Waals surface area (Å²) in [5.41, 5.74) is 7.67. The second-order valence-corrected chi connectivity index (χ2v) is 5.97. The van der Waals surface area contributed by atoms with Crippen molar-refractivity contribution in [3.8, 4) is 22.8 Å². The number of anilines is 1. The largest absolute Gasteiger partial charge is 0.354 e. The summed E-state index contributed by atoms with van der Waals surface area (Å²) in [6.07, 6.45) is 4.18. The van der Waals surface area contributed by atoms with E-state index in [1.54, 1.807) is 17.5 Å². The van der Waals surface area contributed by atoms with Gasteiger partial charge in [-0.3, -0.25) is 0 Å². The van der Waals surface area contributed by atoms with Gasteiger partial charge >= 0.3 is 0 Å². The first-order valence-corrected chi connectivity index (χ1v) is 7.93. The summed E-state index contributed by atoms with van der Waals surface area (Å²) in [7, 11) is 0. The molecular formula is C14H14N6OS. The van der Waals surface area contributed by atoms with Crippen LogP contribution in [0.5, 0.6) is 0 Å². The molecule has 1 fully saturated rings. The molecule has 1 unspecified atom stereocenters. The molecule has 7 nitrogen and oxygen atoms in total. The van der Waals surface area contributed by atoms with E-state index in [9.17, 15) is 0 Å². The maximum Gasteiger partial charge on any atom is 0.263 e. The van der Waals surface area contributed by atoms with Crippen molar-refractivity contribution in [1.29, 1.82) is 0 Å². The Labute approximate surface area is 130 Å². The van der Waals surface area contributed by atoms with Gasteiger partial charge < -0.3 is 15.2 Å². The molecule has 1 aliphatic rings. The van der Waals surface area contributed by atoms with E-state index < -0.39 is 0 Å². The summed E-state index contributed by atoms with van der Waals surface area (Å²) in [6.45, 7) is 1.65. The van der Waals surface area contributed by atoms with Crippen LogP contribution in [0.1, 0.15) is 6.42 Å². The lowest BCUT2D eigenvalue weighted by Crippen LogP contribution is -2.27. The van der Waals surface area contributed by atoms with Crippen molar-refractivity contribution >= 4 is 17.2 Å². The van der Waals surface area contributed by atoms with Gasteiger partial charge in [-0.2, -0.15) is 16.3 Å². The number of aromatic nitrogens is 4. The molecule has 0 aliphatic carbocycles. The van der Waals surface area contributed by atoms with E-state index in [0.717, 1.165) is 36.5 Å². The fourth-order valence-corrected chi connectivity index (χ4v) is 3.18. The highest BCUT2D eigenvalue weighted by Crippen LogP contribution is 2.30. The fourth-order valence-electron chi connectivity index (χ4n) is 2.55. The van der Waals surface area contributed by atoms with Crippen LogP contribution in [0.4, 0.5) is 5.82 Å². The van der Waals surface area contributed by atoms with Crippen LogP contribution in [-0.4, -0.2) is 39.2 Å². The molecule has 0 radical (unpaired) electrons. The smallest absolute Gasteiger partial charge is 0.263 e. The summed E-state index contributed by atoms with van der Waals surface area (Å²) in [5.74, 6) is 1.80. The third-order valence-corrected chi connectivity index (χ3v) is 4.33. The highest BCUT2D eigenvalue weighted by atomic mass is 32.1. The zero-order valence-corrected chi connectivity index (χ0v) is 12.5. The van der Waals surface area contributed by atoms with Crippen LogP contribution in [0.3, 0.4) is 0 Å². The topological polar surface area (TPSA) is 94.0 Å². The van der Waals surface area contributed by atoms with Gasteiger partial charge in [-0.1, -0.05) is 5.16 Å². The number of hydrogen-bond donors (Lipinski definition) is 1. The third kappa shape index (κ3) is 2.36. The number of rotatable bonds is 3. The van der Waals surface area contributed by atoms with Gasteiger partial charge in [0.25, 0.3) is 5.89 Å². The van der Waals surface area contributed by atoms with E-state index in [2.05, 4.69) is 25.0 Å². The summed E-state index contributed by atoms with van der Waals surface area (Å²) < 4.78 is 5.41. The van der Waals surface area contributed by atoms with Crippen LogP contribution < -0.4 is 10.6 Å². The molecule has 22 heavy (non-hydrogen) atoms. The molecule has 8 heteroatoms. The van der Waals surface area contributed by atoms with Gasteiger partial charge in [0.2, 0.25) is 5.82 Å². The van der Waals surface area contributed by atoms with E-state index in [-0.39, 0.29) is 6.04 Å². The molecule has 4 heterocycles. The molecule has 0 aromatic carbocycles. The lowest BCUT2D eigenvalue weighted by Gasteiger charge is -2.18. The van der Waals surface area contributed by atoms with Crippen molar-refractivity contribution in [3.63, 3.8) is 0 Å². The van der Waals surface area contributed by atoms with Crippen LogP contribution in [0.25, 0.3) is 22.8 Å². The normalized spacial score (nSPS) is 18.0. The SMILES string of the molecule is NC1CCN(c2ncncc2-c2nc(-c3ccsc3)no2)C1. The standard InChI is InChI=1S/C14H14N6OS/c15-10-1-3-20(6-10)13-11(5-16-8-17-13)14-18-12(19-21-14)9-2-4-22-7-9/h2,4-5,7-8,10H,1,3,6,15H2. The van der Waals surface area contributed by atoms with Crippen molar-refractivity contribution in [3.05, 3.63) is 29.4 Å². The van der Waals surface area contributed by atoms with Crippen molar-refractivity contribution in [2.24, 2.45) is 5.73 Å². The van der Waals surface area contributed by atoms with Gasteiger partial charge in [0.15, 0.2) is 0 Å². The fraction of sp³-hybridized carbons (Fsp3) is 0.286. The summed E-state index contributed by atoms with van der Waals surface area (Å²) in [5, 5.41) is 8.00. The second-order valence-electron chi connectivity index (χ2n) is 5.19. The first-order chi connectivity index (χ1) is 10.8. The minimum absolute atomic E-state index is 0.173. The summed E-state index contributed by atoms with van der Waals surface area (Å²) in [6, 6.07) is 2.13. The molecule has 1 aliphatic heterocycles. The molecule has 112 valence electrons. The lowest BCUT2D eigenvalue weighted by atomic mass is 10.3. The lowest BCUT2D eigenvalue weighted by molar-refractivity contribution is 0.432. The molecule has 4 rings (SSSR count). The van der Waals surface area contributed by atoms with Gasteiger partial charge in [0, 0.05) is 36.3 Å². The van der Waals surface area contributed by atoms with Crippen LogP contribution in [-0.2, 0) is 0 Å². The maximum absolute atomic E-state index is 5.98. The highest BCUT2D eigenvalue weighted by molar-refractivity contribution is 7.08. The monoisotopic (exact) mass is 314 g/mol. The van der Waals surface area contributed by atoms with Crippen LogP contribution >= 0.6 is 11.3 Å². The Morgan fingerprint density at radius 3 is 3.14 bits per heavy atom. The predicted octanol–water partition coefficient (Wildman–Crippen LogP) is 1.79. The molecule has 0 bridgehead atoms. The predicted molar refractivity (Wildman–Crippen MR) is 83.4 cm³/mol. The molecule has 3 aromatic rings. The number of hydrogen-bond acceptors (Lipinski definition) is 8. The molecule has 3 aromatic heterocycles. The number of nitrogens with zero attached hydrogens (tertiary/aromatic N) is 5. The van der Waals surface area contributed by atoms with Crippen LogP contribution in [0.15, 0.2) is 33.9 Å². The van der Waals surface area contributed by atoms with E-state index in [4.69, 9.17) is 10.3 Å². The van der Waals surface area contributed by atoms with Gasteiger partial charge in [-0.15, -0.1) is 0 Å². The Hall–Kier alpha value is -2.32. The molecule has 1 saturated heterocycles. The molecule has 0 amide bonds.